The average molecular weight is 179 g/mol. The zero-order chi connectivity index (χ0) is 8.39. The third-order valence-electron chi connectivity index (χ3n) is 1.69. The van der Waals surface area contributed by atoms with Crippen molar-refractivity contribution >= 4 is 23.3 Å². The molecule has 1 fully saturated rings. The van der Waals surface area contributed by atoms with Gasteiger partial charge in [0.1, 0.15) is 0 Å². The first kappa shape index (κ1) is 7.55. The van der Waals surface area contributed by atoms with Crippen molar-refractivity contribution in [2.75, 3.05) is 13.1 Å². The first-order chi connectivity index (χ1) is 5.86. The molecule has 0 spiro atoms. The fraction of sp³-hybridized carbons (Fsp3) is 0.222. The van der Waals surface area contributed by atoms with Crippen molar-refractivity contribution in [1.29, 1.82) is 0 Å². The maximum Gasteiger partial charge on any atom is 0.246 e. The first-order valence-electron chi connectivity index (χ1n) is 3.87. The second-order valence-electron chi connectivity index (χ2n) is 2.67. The summed E-state index contributed by atoms with van der Waals surface area (Å²) >= 11 is 1.64. The average Bonchev–Trinajstić information content (AvgIpc) is 2.80. The molecule has 1 aliphatic rings. The van der Waals surface area contributed by atoms with Crippen LogP contribution >= 0.6 is 11.3 Å². The molecular formula is C9H9NOS. The van der Waals surface area contributed by atoms with Gasteiger partial charge in [-0.2, -0.15) is 0 Å². The van der Waals surface area contributed by atoms with Gasteiger partial charge in [0.15, 0.2) is 0 Å². The molecule has 2 heterocycles. The summed E-state index contributed by atoms with van der Waals surface area (Å²) in [4.78, 5) is 14.1. The predicted octanol–water partition coefficient (Wildman–Crippen LogP) is 1.60. The van der Waals surface area contributed by atoms with E-state index in [2.05, 4.69) is 0 Å². The molecular weight excluding hydrogens is 170 g/mol. The summed E-state index contributed by atoms with van der Waals surface area (Å²) in [6.45, 7) is 1.85. The van der Waals surface area contributed by atoms with Gasteiger partial charge in [-0.05, 0) is 17.5 Å². The van der Waals surface area contributed by atoms with Crippen LogP contribution in [0.5, 0.6) is 0 Å². The van der Waals surface area contributed by atoms with E-state index in [9.17, 15) is 4.79 Å². The van der Waals surface area contributed by atoms with E-state index in [4.69, 9.17) is 0 Å². The van der Waals surface area contributed by atoms with Gasteiger partial charge in [-0.25, -0.2) is 0 Å². The maximum absolute atomic E-state index is 11.1. The highest BCUT2D eigenvalue weighted by molar-refractivity contribution is 7.10. The van der Waals surface area contributed by atoms with Gasteiger partial charge in [-0.3, -0.25) is 4.79 Å². The van der Waals surface area contributed by atoms with Crippen LogP contribution in [0.2, 0.25) is 0 Å². The second-order valence-corrected chi connectivity index (χ2v) is 3.65. The number of thiophene rings is 1. The summed E-state index contributed by atoms with van der Waals surface area (Å²) in [5.74, 6) is 0.128. The van der Waals surface area contributed by atoms with Gasteiger partial charge in [-0.15, -0.1) is 11.3 Å². The number of carbonyl (C=O) groups is 1. The van der Waals surface area contributed by atoms with Crippen molar-refractivity contribution in [2.45, 2.75) is 0 Å². The van der Waals surface area contributed by atoms with Gasteiger partial charge in [-0.1, -0.05) is 6.07 Å². The fourth-order valence-corrected chi connectivity index (χ4v) is 1.53. The van der Waals surface area contributed by atoms with Crippen LogP contribution in [0.25, 0.3) is 6.08 Å². The van der Waals surface area contributed by atoms with E-state index in [0.717, 1.165) is 18.0 Å². The largest absolute Gasteiger partial charge is 0.336 e. The van der Waals surface area contributed by atoms with Gasteiger partial charge in [0, 0.05) is 24.0 Å². The van der Waals surface area contributed by atoms with Gasteiger partial charge >= 0.3 is 0 Å². The zero-order valence-electron chi connectivity index (χ0n) is 6.56. The van der Waals surface area contributed by atoms with Crippen LogP contribution in [0.15, 0.2) is 23.6 Å². The van der Waals surface area contributed by atoms with Crippen molar-refractivity contribution in [3.05, 3.63) is 28.5 Å². The van der Waals surface area contributed by atoms with Crippen LogP contribution < -0.4 is 0 Å². The SMILES string of the molecule is O=C(/C=C/c1cccs1)N1CC1. The number of carbonyl (C=O) groups excluding carboxylic acids is 1. The lowest BCUT2D eigenvalue weighted by Crippen LogP contribution is -2.04. The standard InChI is InChI=1S/C9H9NOS/c11-9(10-5-6-10)4-3-8-2-1-7-12-8/h1-4,7H,5-6H2/b4-3+. The topological polar surface area (TPSA) is 20.1 Å². The van der Waals surface area contributed by atoms with Crippen molar-refractivity contribution in [3.8, 4) is 0 Å². The molecule has 0 bridgehead atoms. The summed E-state index contributed by atoms with van der Waals surface area (Å²) in [5, 5.41) is 2.00. The van der Waals surface area contributed by atoms with Crippen molar-refractivity contribution in [3.63, 3.8) is 0 Å². The molecule has 1 aromatic heterocycles. The molecule has 62 valence electrons. The summed E-state index contributed by atoms with van der Waals surface area (Å²) in [7, 11) is 0. The Morgan fingerprint density at radius 3 is 3.00 bits per heavy atom. The highest BCUT2D eigenvalue weighted by Gasteiger charge is 2.21. The lowest BCUT2D eigenvalue weighted by Gasteiger charge is -1.91. The Morgan fingerprint density at radius 2 is 2.42 bits per heavy atom. The molecule has 3 heteroatoms. The molecule has 0 radical (unpaired) electrons. The minimum absolute atomic E-state index is 0.128. The van der Waals surface area contributed by atoms with E-state index in [-0.39, 0.29) is 5.91 Å². The third-order valence-corrected chi connectivity index (χ3v) is 2.53. The quantitative estimate of drug-likeness (QED) is 0.499. The van der Waals surface area contributed by atoms with Crippen molar-refractivity contribution in [1.82, 2.24) is 4.90 Å². The van der Waals surface area contributed by atoms with Crippen molar-refractivity contribution in [2.24, 2.45) is 0 Å². The van der Waals surface area contributed by atoms with E-state index in [1.807, 2.05) is 23.6 Å². The van der Waals surface area contributed by atoms with Gasteiger partial charge in [0.05, 0.1) is 0 Å². The van der Waals surface area contributed by atoms with Crippen molar-refractivity contribution < 1.29 is 4.79 Å². The van der Waals surface area contributed by atoms with Crippen LogP contribution in [0.1, 0.15) is 4.88 Å². The third kappa shape index (κ3) is 1.74. The smallest absolute Gasteiger partial charge is 0.246 e. The number of nitrogens with zero attached hydrogens (tertiary/aromatic N) is 1. The van der Waals surface area contributed by atoms with Crippen LogP contribution in [0.4, 0.5) is 0 Å². The highest BCUT2D eigenvalue weighted by atomic mass is 32.1. The molecule has 1 saturated heterocycles. The Labute approximate surface area is 75.1 Å². The summed E-state index contributed by atoms with van der Waals surface area (Å²) < 4.78 is 0. The van der Waals surface area contributed by atoms with Crippen LogP contribution in [-0.2, 0) is 4.79 Å². The molecule has 0 unspecified atom stereocenters. The number of hydrogen-bond acceptors (Lipinski definition) is 2. The Bertz CT molecular complexity index is 298. The van der Waals surface area contributed by atoms with Crippen LogP contribution in [0.3, 0.4) is 0 Å². The van der Waals surface area contributed by atoms with E-state index < -0.39 is 0 Å². The maximum atomic E-state index is 11.1. The van der Waals surface area contributed by atoms with Crippen LogP contribution in [0, 0.1) is 0 Å². The molecule has 0 N–H and O–H groups in total. The Morgan fingerprint density at radius 1 is 1.58 bits per heavy atom. The number of hydrogen-bond donors (Lipinski definition) is 0. The number of rotatable bonds is 2. The predicted molar refractivity (Wildman–Crippen MR) is 49.9 cm³/mol. The Kier molecular flexibility index (Phi) is 1.96. The van der Waals surface area contributed by atoms with Crippen LogP contribution in [-0.4, -0.2) is 23.9 Å². The molecule has 0 aromatic carbocycles. The molecule has 1 aliphatic heterocycles. The summed E-state index contributed by atoms with van der Waals surface area (Å²) in [6, 6.07) is 3.98. The number of amides is 1. The molecule has 2 rings (SSSR count). The Balaban J connectivity index is 1.97. The van der Waals surface area contributed by atoms with Gasteiger partial charge in [0.2, 0.25) is 5.91 Å². The van der Waals surface area contributed by atoms with Gasteiger partial charge < -0.3 is 4.90 Å². The summed E-state index contributed by atoms with van der Waals surface area (Å²) in [6.07, 6.45) is 3.50. The summed E-state index contributed by atoms with van der Waals surface area (Å²) in [5.41, 5.74) is 0. The molecule has 1 amide bonds. The van der Waals surface area contributed by atoms with E-state index >= 15 is 0 Å². The minimum atomic E-state index is 0.128. The van der Waals surface area contributed by atoms with E-state index in [1.165, 1.54) is 0 Å². The second kappa shape index (κ2) is 3.11. The molecule has 0 atom stereocenters. The molecule has 12 heavy (non-hydrogen) atoms. The van der Waals surface area contributed by atoms with Gasteiger partial charge in [0.25, 0.3) is 0 Å². The fourth-order valence-electron chi connectivity index (χ4n) is 0.915. The highest BCUT2D eigenvalue weighted by Crippen LogP contribution is 2.11. The lowest BCUT2D eigenvalue weighted by atomic mass is 10.4. The van der Waals surface area contributed by atoms with E-state index in [0.29, 0.717) is 0 Å². The minimum Gasteiger partial charge on any atom is -0.336 e. The molecule has 2 nitrogen and oxygen atoms in total. The lowest BCUT2D eigenvalue weighted by molar-refractivity contribution is -0.120. The van der Waals surface area contributed by atoms with E-state index in [1.54, 1.807) is 22.3 Å². The zero-order valence-corrected chi connectivity index (χ0v) is 7.38. The normalized spacial score (nSPS) is 15.5. The molecule has 0 saturated carbocycles. The monoisotopic (exact) mass is 179 g/mol. The molecule has 1 aromatic rings. The molecule has 0 aliphatic carbocycles. The first-order valence-corrected chi connectivity index (χ1v) is 4.75. The Hall–Kier alpha value is -1.09.